The van der Waals surface area contributed by atoms with Gasteiger partial charge >= 0.3 is 0 Å². The molecule has 24 heavy (non-hydrogen) atoms. The minimum absolute atomic E-state index is 0.0541. The van der Waals surface area contributed by atoms with Crippen molar-refractivity contribution in [2.24, 2.45) is 10.5 Å². The second-order valence-electron chi connectivity index (χ2n) is 6.68. The van der Waals surface area contributed by atoms with Crippen LogP contribution in [-0.4, -0.2) is 22.4 Å². The van der Waals surface area contributed by atoms with Gasteiger partial charge in [0.25, 0.3) is 0 Å². The Hall–Kier alpha value is -0.970. The third-order valence-corrected chi connectivity index (χ3v) is 5.75. The highest BCUT2D eigenvalue weighted by atomic mass is 35.5. The lowest BCUT2D eigenvalue weighted by atomic mass is 9.99. The maximum Gasteiger partial charge on any atom is 0.190 e. The summed E-state index contributed by atoms with van der Waals surface area (Å²) in [7, 11) is 0. The number of ketones is 1. The fraction of sp³-hybridized carbons (Fsp3) is 0.444. The Bertz CT molecular complexity index is 693. The van der Waals surface area contributed by atoms with E-state index in [1.807, 2.05) is 5.01 Å². The maximum atomic E-state index is 12.6. The largest absolute Gasteiger partial charge is 0.289 e. The lowest BCUT2D eigenvalue weighted by molar-refractivity contribution is 0.104. The number of hydrogen-bond donors (Lipinski definition) is 0. The summed E-state index contributed by atoms with van der Waals surface area (Å²) in [6, 6.07) is 5.09. The van der Waals surface area contributed by atoms with Crippen LogP contribution in [0.25, 0.3) is 0 Å². The molecular weight excluding hydrogens is 363 g/mol. The molecule has 1 aliphatic rings. The van der Waals surface area contributed by atoms with E-state index in [4.69, 9.17) is 28.3 Å². The van der Waals surface area contributed by atoms with Crippen molar-refractivity contribution in [3.63, 3.8) is 0 Å². The van der Waals surface area contributed by atoms with E-state index < -0.39 is 0 Å². The van der Waals surface area contributed by atoms with E-state index in [-0.39, 0.29) is 11.2 Å². The fourth-order valence-corrected chi connectivity index (χ4v) is 3.53. The van der Waals surface area contributed by atoms with E-state index in [1.54, 1.807) is 36.0 Å². The summed E-state index contributed by atoms with van der Waals surface area (Å²) >= 11 is 13.7. The zero-order valence-corrected chi connectivity index (χ0v) is 16.7. The minimum Gasteiger partial charge on any atom is -0.289 e. The van der Waals surface area contributed by atoms with Crippen molar-refractivity contribution < 1.29 is 4.79 Å². The maximum absolute atomic E-state index is 12.6. The van der Waals surface area contributed by atoms with Crippen LogP contribution in [0.5, 0.6) is 0 Å². The molecule has 0 spiro atoms. The number of halogens is 2. The van der Waals surface area contributed by atoms with Crippen LogP contribution in [0.1, 0.15) is 50.9 Å². The summed E-state index contributed by atoms with van der Waals surface area (Å²) in [5.74, 6) is -0.156. The molecule has 0 radical (unpaired) electrons. The van der Waals surface area contributed by atoms with Crippen LogP contribution < -0.4 is 0 Å². The number of carbonyl (C=O) groups is 1. The van der Waals surface area contributed by atoms with Gasteiger partial charge in [0.05, 0.1) is 10.0 Å². The number of allylic oxidation sites excluding steroid dienone is 1. The van der Waals surface area contributed by atoms with Gasteiger partial charge in [-0.15, -0.1) is 0 Å². The number of carbonyl (C=O) groups excluding carboxylic acids is 1. The summed E-state index contributed by atoms with van der Waals surface area (Å²) in [6.07, 6.45) is 3.70. The van der Waals surface area contributed by atoms with Crippen LogP contribution in [0.2, 0.25) is 10.0 Å². The van der Waals surface area contributed by atoms with Crippen molar-refractivity contribution in [2.75, 3.05) is 6.54 Å². The first-order valence-electron chi connectivity index (χ1n) is 7.98. The van der Waals surface area contributed by atoms with E-state index >= 15 is 0 Å². The van der Waals surface area contributed by atoms with E-state index in [0.29, 0.717) is 15.6 Å². The zero-order valence-electron chi connectivity index (χ0n) is 14.4. The van der Waals surface area contributed by atoms with Gasteiger partial charge in [0.15, 0.2) is 5.78 Å². The predicted octanol–water partition coefficient (Wildman–Crippen LogP) is 6.23. The van der Waals surface area contributed by atoms with Gasteiger partial charge in [-0.2, -0.15) is 5.10 Å². The molecular formula is C18H22Cl2N2OS. The summed E-state index contributed by atoms with van der Waals surface area (Å²) in [4.78, 5) is 12.6. The van der Waals surface area contributed by atoms with Gasteiger partial charge in [0.2, 0.25) is 0 Å². The first-order valence-corrected chi connectivity index (χ1v) is 9.55. The first kappa shape index (κ1) is 19.4. The molecule has 0 fully saturated rings. The van der Waals surface area contributed by atoms with Crippen LogP contribution in [0, 0.1) is 5.41 Å². The lowest BCUT2D eigenvalue weighted by Crippen LogP contribution is -2.16. The molecule has 0 aromatic heterocycles. The Morgan fingerprint density at radius 1 is 1.33 bits per heavy atom. The summed E-state index contributed by atoms with van der Waals surface area (Å²) in [5.41, 5.74) is 0.360. The standard InChI is InChI=1S/C18H22Cl2N2OS/c1-5-6-10-22-15(24-17(21-22)18(2,3)4)11-14(23)12-8-7-9-13(19)16(12)20/h7-9,11H,5-6,10H2,1-4H3. The number of hydrogen-bond acceptors (Lipinski definition) is 4. The molecule has 1 aliphatic heterocycles. The SMILES string of the molecule is CCCCN1N=C(C(C)(C)C)SC1=CC(=O)c1cccc(Cl)c1Cl. The van der Waals surface area contributed by atoms with Crippen molar-refractivity contribution in [1.29, 1.82) is 0 Å². The molecule has 0 unspecified atom stereocenters. The number of benzene rings is 1. The van der Waals surface area contributed by atoms with Gasteiger partial charge in [-0.05, 0) is 18.6 Å². The normalized spacial score (nSPS) is 16.7. The van der Waals surface area contributed by atoms with Gasteiger partial charge in [-0.3, -0.25) is 9.80 Å². The Balaban J connectivity index is 2.29. The van der Waals surface area contributed by atoms with E-state index in [9.17, 15) is 4.79 Å². The predicted molar refractivity (Wildman–Crippen MR) is 105 cm³/mol. The average molecular weight is 385 g/mol. The Morgan fingerprint density at radius 3 is 2.67 bits per heavy atom. The van der Waals surface area contributed by atoms with Crippen molar-refractivity contribution in [2.45, 2.75) is 40.5 Å². The molecule has 6 heteroatoms. The van der Waals surface area contributed by atoms with Crippen molar-refractivity contribution in [3.05, 3.63) is 44.9 Å². The topological polar surface area (TPSA) is 32.7 Å². The molecule has 2 rings (SSSR count). The zero-order chi connectivity index (χ0) is 17.9. The quantitative estimate of drug-likeness (QED) is 0.445. The molecule has 0 aliphatic carbocycles. The summed E-state index contributed by atoms with van der Waals surface area (Å²) in [5, 5.41) is 9.15. The highest BCUT2D eigenvalue weighted by Gasteiger charge is 2.30. The molecule has 0 bridgehead atoms. The van der Waals surface area contributed by atoms with Crippen molar-refractivity contribution in [1.82, 2.24) is 5.01 Å². The summed E-state index contributed by atoms with van der Waals surface area (Å²) in [6.45, 7) is 9.30. The smallest absolute Gasteiger partial charge is 0.190 e. The van der Waals surface area contributed by atoms with Crippen LogP contribution in [-0.2, 0) is 0 Å². The number of hydrazone groups is 1. The average Bonchev–Trinajstić information content (AvgIpc) is 2.91. The second-order valence-corrected chi connectivity index (χ2v) is 8.48. The lowest BCUT2D eigenvalue weighted by Gasteiger charge is -2.15. The molecule has 1 aromatic rings. The van der Waals surface area contributed by atoms with Gasteiger partial charge in [-0.1, -0.05) is 75.1 Å². The van der Waals surface area contributed by atoms with Crippen LogP contribution in [0.3, 0.4) is 0 Å². The number of rotatable bonds is 5. The fourth-order valence-electron chi connectivity index (χ4n) is 2.09. The molecule has 1 aromatic carbocycles. The van der Waals surface area contributed by atoms with Crippen LogP contribution >= 0.6 is 35.0 Å². The van der Waals surface area contributed by atoms with Crippen LogP contribution in [0.4, 0.5) is 0 Å². The third-order valence-electron chi connectivity index (χ3n) is 3.50. The molecule has 130 valence electrons. The minimum atomic E-state index is -0.156. The molecule has 0 atom stereocenters. The monoisotopic (exact) mass is 384 g/mol. The summed E-state index contributed by atoms with van der Waals surface area (Å²) < 4.78 is 0. The number of unbranched alkanes of at least 4 members (excludes halogenated alkanes) is 1. The van der Waals surface area contributed by atoms with Gasteiger partial charge < -0.3 is 0 Å². The van der Waals surface area contributed by atoms with E-state index in [0.717, 1.165) is 29.5 Å². The van der Waals surface area contributed by atoms with Crippen molar-refractivity contribution in [3.8, 4) is 0 Å². The van der Waals surface area contributed by atoms with Gasteiger partial charge in [-0.25, -0.2) is 0 Å². The molecule has 0 saturated heterocycles. The van der Waals surface area contributed by atoms with E-state index in [1.165, 1.54) is 0 Å². The molecule has 3 nitrogen and oxygen atoms in total. The Labute approximate surface area is 158 Å². The van der Waals surface area contributed by atoms with Gasteiger partial charge in [0.1, 0.15) is 10.1 Å². The molecule has 0 saturated carbocycles. The Morgan fingerprint density at radius 2 is 2.04 bits per heavy atom. The highest BCUT2D eigenvalue weighted by molar-refractivity contribution is 8.17. The number of nitrogens with zero attached hydrogens (tertiary/aromatic N) is 2. The number of thioether (sulfide) groups is 1. The Kier molecular flexibility index (Phi) is 6.40. The van der Waals surface area contributed by atoms with Gasteiger partial charge in [0, 0.05) is 23.6 Å². The second kappa shape index (κ2) is 7.94. The van der Waals surface area contributed by atoms with E-state index in [2.05, 4.69) is 27.7 Å². The van der Waals surface area contributed by atoms with Crippen LogP contribution in [0.15, 0.2) is 34.4 Å². The molecule has 0 N–H and O–H groups in total. The highest BCUT2D eigenvalue weighted by Crippen LogP contribution is 2.38. The molecule has 1 heterocycles. The third kappa shape index (κ3) is 4.56. The first-order chi connectivity index (χ1) is 11.2. The van der Waals surface area contributed by atoms with Crippen molar-refractivity contribution >= 4 is 45.8 Å². The molecule has 0 amide bonds.